The lowest BCUT2D eigenvalue weighted by molar-refractivity contribution is 0.698. The van der Waals surface area contributed by atoms with Crippen LogP contribution in [0.2, 0.25) is 0 Å². The zero-order valence-corrected chi connectivity index (χ0v) is 10.5. The smallest absolute Gasteiger partial charge is 0.119 e. The minimum absolute atomic E-state index is 0.130. The molecule has 2 aromatic rings. The van der Waals surface area contributed by atoms with E-state index < -0.39 is 0 Å². The van der Waals surface area contributed by atoms with Crippen LogP contribution in [0.15, 0.2) is 52.8 Å². The summed E-state index contributed by atoms with van der Waals surface area (Å²) >= 11 is 1.60. The molecule has 1 aromatic heterocycles. The van der Waals surface area contributed by atoms with Crippen LogP contribution in [0.4, 0.5) is 0 Å². The quantitative estimate of drug-likeness (QED) is 0.899. The Morgan fingerprint density at radius 3 is 2.59 bits per heavy atom. The van der Waals surface area contributed by atoms with E-state index in [-0.39, 0.29) is 6.04 Å². The zero-order valence-electron chi connectivity index (χ0n) is 9.71. The number of nitrogens with two attached hydrogens (primary N) is 1. The van der Waals surface area contributed by atoms with Crippen molar-refractivity contribution in [3.8, 4) is 0 Å². The maximum Gasteiger partial charge on any atom is 0.119 e. The lowest BCUT2D eigenvalue weighted by Gasteiger charge is -2.09. The van der Waals surface area contributed by atoms with Gasteiger partial charge >= 0.3 is 0 Å². The summed E-state index contributed by atoms with van der Waals surface area (Å²) in [5, 5.41) is 0.903. The Kier molecular flexibility index (Phi) is 4.12. The van der Waals surface area contributed by atoms with Crippen LogP contribution in [-0.2, 0) is 0 Å². The van der Waals surface area contributed by atoms with Gasteiger partial charge < -0.3 is 5.73 Å². The average Bonchev–Trinajstić information content (AvgIpc) is 2.40. The summed E-state index contributed by atoms with van der Waals surface area (Å²) in [5.74, 6) is 0. The second-order valence-electron chi connectivity index (χ2n) is 3.73. The molecule has 0 aliphatic carbocycles. The summed E-state index contributed by atoms with van der Waals surface area (Å²) in [5.41, 5.74) is 7.14. The highest BCUT2D eigenvalue weighted by atomic mass is 32.2. The molecule has 2 rings (SSSR count). The average molecular weight is 245 g/mol. The number of hydrogen-bond donors (Lipinski definition) is 1. The van der Waals surface area contributed by atoms with Gasteiger partial charge in [0.1, 0.15) is 5.03 Å². The van der Waals surface area contributed by atoms with Gasteiger partial charge in [-0.1, -0.05) is 30.8 Å². The summed E-state index contributed by atoms with van der Waals surface area (Å²) in [6, 6.07) is 8.43. The van der Waals surface area contributed by atoms with Gasteiger partial charge in [0.25, 0.3) is 0 Å². The molecule has 1 unspecified atom stereocenters. The predicted molar refractivity (Wildman–Crippen MR) is 69.8 cm³/mol. The monoisotopic (exact) mass is 245 g/mol. The highest BCUT2D eigenvalue weighted by Gasteiger charge is 2.03. The van der Waals surface area contributed by atoms with Crippen molar-refractivity contribution in [1.82, 2.24) is 9.97 Å². The summed E-state index contributed by atoms with van der Waals surface area (Å²) in [6.45, 7) is 2.09. The van der Waals surface area contributed by atoms with Gasteiger partial charge in [-0.25, -0.2) is 4.98 Å². The van der Waals surface area contributed by atoms with Gasteiger partial charge in [-0.15, -0.1) is 0 Å². The molecule has 0 aliphatic rings. The SMILES string of the molecule is CCC(N)c1ccc(Sc2cnccn2)cc1. The summed E-state index contributed by atoms with van der Waals surface area (Å²) in [4.78, 5) is 9.41. The molecule has 0 amide bonds. The third-order valence-corrected chi connectivity index (χ3v) is 3.44. The van der Waals surface area contributed by atoms with Gasteiger partial charge in [0.15, 0.2) is 0 Å². The van der Waals surface area contributed by atoms with Gasteiger partial charge in [-0.2, -0.15) is 0 Å². The fourth-order valence-electron chi connectivity index (χ4n) is 1.48. The van der Waals surface area contributed by atoms with E-state index in [1.54, 1.807) is 30.4 Å². The Morgan fingerprint density at radius 2 is 2.00 bits per heavy atom. The molecule has 17 heavy (non-hydrogen) atoms. The molecule has 1 heterocycles. The summed E-state index contributed by atoms with van der Waals surface area (Å²) < 4.78 is 0. The van der Waals surface area contributed by atoms with E-state index in [0.717, 1.165) is 16.3 Å². The topological polar surface area (TPSA) is 51.8 Å². The van der Waals surface area contributed by atoms with Crippen LogP contribution in [-0.4, -0.2) is 9.97 Å². The van der Waals surface area contributed by atoms with E-state index in [1.165, 1.54) is 5.56 Å². The van der Waals surface area contributed by atoms with Gasteiger partial charge in [0, 0.05) is 23.3 Å². The highest BCUT2D eigenvalue weighted by Crippen LogP contribution is 2.26. The fourth-order valence-corrected chi connectivity index (χ4v) is 2.22. The minimum atomic E-state index is 0.130. The molecule has 0 radical (unpaired) electrons. The van der Waals surface area contributed by atoms with Crippen molar-refractivity contribution in [2.24, 2.45) is 5.73 Å². The van der Waals surface area contributed by atoms with E-state index in [9.17, 15) is 0 Å². The Labute approximate surface area is 105 Å². The maximum atomic E-state index is 5.97. The zero-order chi connectivity index (χ0) is 12.1. The molecule has 1 aromatic carbocycles. The lowest BCUT2D eigenvalue weighted by atomic mass is 10.1. The Bertz CT molecular complexity index is 456. The first-order chi connectivity index (χ1) is 8.29. The Balaban J connectivity index is 2.08. The lowest BCUT2D eigenvalue weighted by Crippen LogP contribution is -2.07. The standard InChI is InChI=1S/C13H15N3S/c1-2-12(14)10-3-5-11(6-4-10)17-13-9-15-7-8-16-13/h3-9,12H,2,14H2,1H3. The second-order valence-corrected chi connectivity index (χ2v) is 4.82. The van der Waals surface area contributed by atoms with Crippen molar-refractivity contribution in [3.63, 3.8) is 0 Å². The van der Waals surface area contributed by atoms with Crippen LogP contribution in [0.25, 0.3) is 0 Å². The third kappa shape index (κ3) is 3.28. The molecule has 3 nitrogen and oxygen atoms in total. The second kappa shape index (κ2) is 5.80. The number of aromatic nitrogens is 2. The van der Waals surface area contributed by atoms with Crippen LogP contribution in [0, 0.1) is 0 Å². The molecule has 2 N–H and O–H groups in total. The van der Waals surface area contributed by atoms with Crippen molar-refractivity contribution in [3.05, 3.63) is 48.4 Å². The molecule has 0 bridgehead atoms. The van der Waals surface area contributed by atoms with E-state index in [1.807, 2.05) is 0 Å². The van der Waals surface area contributed by atoms with Crippen molar-refractivity contribution >= 4 is 11.8 Å². The minimum Gasteiger partial charge on any atom is -0.324 e. The molecule has 0 saturated carbocycles. The van der Waals surface area contributed by atoms with Crippen LogP contribution in [0.3, 0.4) is 0 Å². The highest BCUT2D eigenvalue weighted by molar-refractivity contribution is 7.99. The molecular weight excluding hydrogens is 230 g/mol. The normalized spacial score (nSPS) is 12.4. The van der Waals surface area contributed by atoms with Crippen molar-refractivity contribution in [2.75, 3.05) is 0 Å². The number of benzene rings is 1. The molecule has 4 heteroatoms. The fraction of sp³-hybridized carbons (Fsp3) is 0.231. The van der Waals surface area contributed by atoms with E-state index in [4.69, 9.17) is 5.73 Å². The first-order valence-corrected chi connectivity index (χ1v) is 6.40. The van der Waals surface area contributed by atoms with Gasteiger partial charge in [-0.3, -0.25) is 4.98 Å². The van der Waals surface area contributed by atoms with E-state index in [2.05, 4.69) is 41.2 Å². The number of nitrogens with zero attached hydrogens (tertiary/aromatic N) is 2. The van der Waals surface area contributed by atoms with Gasteiger partial charge in [0.05, 0.1) is 6.20 Å². The molecule has 0 spiro atoms. The van der Waals surface area contributed by atoms with Gasteiger partial charge in [-0.05, 0) is 24.1 Å². The Hall–Kier alpha value is -1.39. The maximum absolute atomic E-state index is 5.97. The van der Waals surface area contributed by atoms with Gasteiger partial charge in [0.2, 0.25) is 0 Å². The molecular formula is C13H15N3S. The van der Waals surface area contributed by atoms with Crippen LogP contribution in [0.1, 0.15) is 24.9 Å². The molecule has 0 saturated heterocycles. The Morgan fingerprint density at radius 1 is 1.24 bits per heavy atom. The molecule has 0 aliphatic heterocycles. The number of rotatable bonds is 4. The van der Waals surface area contributed by atoms with Crippen molar-refractivity contribution in [2.45, 2.75) is 29.3 Å². The van der Waals surface area contributed by atoms with Crippen molar-refractivity contribution < 1.29 is 0 Å². The number of hydrogen-bond acceptors (Lipinski definition) is 4. The largest absolute Gasteiger partial charge is 0.324 e. The van der Waals surface area contributed by atoms with Crippen LogP contribution in [0.5, 0.6) is 0 Å². The van der Waals surface area contributed by atoms with E-state index in [0.29, 0.717) is 0 Å². The van der Waals surface area contributed by atoms with Crippen LogP contribution >= 0.6 is 11.8 Å². The molecule has 0 fully saturated rings. The summed E-state index contributed by atoms with van der Waals surface area (Å²) in [7, 11) is 0. The third-order valence-electron chi connectivity index (χ3n) is 2.51. The summed E-state index contributed by atoms with van der Waals surface area (Å²) in [6.07, 6.45) is 6.09. The molecule has 1 atom stereocenters. The molecule has 88 valence electrons. The van der Waals surface area contributed by atoms with Crippen molar-refractivity contribution in [1.29, 1.82) is 0 Å². The first-order valence-electron chi connectivity index (χ1n) is 5.59. The predicted octanol–water partition coefficient (Wildman–Crippen LogP) is 3.04. The van der Waals surface area contributed by atoms with Crippen LogP contribution < -0.4 is 5.73 Å². The van der Waals surface area contributed by atoms with E-state index >= 15 is 0 Å². The first kappa shape index (κ1) is 12.1.